The molecule has 1 heteroatoms. The maximum absolute atomic E-state index is 2.43. The number of fused-ring (bicyclic) bond motifs is 4. The van der Waals surface area contributed by atoms with E-state index < -0.39 is 0 Å². The molecule has 0 bridgehead atoms. The van der Waals surface area contributed by atoms with E-state index in [2.05, 4.69) is 254 Å². The van der Waals surface area contributed by atoms with Crippen LogP contribution < -0.4 is 4.90 Å². The van der Waals surface area contributed by atoms with Gasteiger partial charge in [0.05, 0.1) is 5.69 Å². The average Bonchev–Trinajstić information content (AvgIpc) is 3.35. The molecule has 0 atom stereocenters. The van der Waals surface area contributed by atoms with E-state index in [0.717, 1.165) is 17.1 Å². The van der Waals surface area contributed by atoms with Crippen LogP contribution in [0.15, 0.2) is 249 Å². The molecule has 286 valence electrons. The van der Waals surface area contributed by atoms with E-state index in [-0.39, 0.29) is 0 Å². The van der Waals surface area contributed by atoms with Gasteiger partial charge < -0.3 is 4.90 Å². The van der Waals surface area contributed by atoms with Gasteiger partial charge in [-0.1, -0.05) is 206 Å². The summed E-state index contributed by atoms with van der Waals surface area (Å²) in [6.07, 6.45) is 0. The van der Waals surface area contributed by atoms with Crippen molar-refractivity contribution in [3.8, 4) is 55.6 Å². The monoisotopic (exact) mass is 775 g/mol. The first kappa shape index (κ1) is 36.1. The predicted molar refractivity (Wildman–Crippen MR) is 261 cm³/mol. The minimum absolute atomic E-state index is 1.08. The molecule has 11 aromatic rings. The molecule has 0 N–H and O–H groups in total. The van der Waals surface area contributed by atoms with Gasteiger partial charge in [0.1, 0.15) is 0 Å². The molecule has 61 heavy (non-hydrogen) atoms. The second-order valence-electron chi connectivity index (χ2n) is 15.7. The van der Waals surface area contributed by atoms with Gasteiger partial charge in [-0.3, -0.25) is 0 Å². The lowest BCUT2D eigenvalue weighted by Crippen LogP contribution is -2.11. The van der Waals surface area contributed by atoms with Crippen LogP contribution in [0, 0.1) is 0 Å². The molecule has 1 nitrogen and oxygen atoms in total. The molecule has 11 aromatic carbocycles. The Morgan fingerprint density at radius 2 is 0.721 bits per heavy atom. The van der Waals surface area contributed by atoms with Gasteiger partial charge in [0.15, 0.2) is 0 Å². The zero-order valence-electron chi connectivity index (χ0n) is 33.6. The molecule has 0 spiro atoms. The van der Waals surface area contributed by atoms with Gasteiger partial charge in [0, 0.05) is 16.9 Å². The smallest absolute Gasteiger partial charge is 0.0540 e. The van der Waals surface area contributed by atoms with Gasteiger partial charge in [0.25, 0.3) is 0 Å². The first-order chi connectivity index (χ1) is 30.2. The molecule has 0 saturated carbocycles. The highest BCUT2D eigenvalue weighted by atomic mass is 15.1. The summed E-state index contributed by atoms with van der Waals surface area (Å²) in [6.45, 7) is 0. The van der Waals surface area contributed by atoms with Crippen molar-refractivity contribution in [2.24, 2.45) is 0 Å². The Balaban J connectivity index is 1.09. The number of anilines is 3. The van der Waals surface area contributed by atoms with Crippen molar-refractivity contribution in [2.45, 2.75) is 0 Å². The normalized spacial score (nSPS) is 11.3. The lowest BCUT2D eigenvalue weighted by atomic mass is 9.92. The fraction of sp³-hybridized carbons (Fsp3) is 0. The number of para-hydroxylation sites is 1. The van der Waals surface area contributed by atoms with E-state index in [1.54, 1.807) is 0 Å². The van der Waals surface area contributed by atoms with Gasteiger partial charge in [0.2, 0.25) is 0 Å². The van der Waals surface area contributed by atoms with Crippen LogP contribution in [-0.2, 0) is 0 Å². The van der Waals surface area contributed by atoms with Gasteiger partial charge >= 0.3 is 0 Å². The SMILES string of the molecule is c1ccc(-c2ccc(-c3ccc(N(c4ccc(-c5cc6ccccc6c6ccccc56)cc4)c4ccccc4-c4ccc5ccccc5c4)cc3-c3ccccc3)cc2)cc1. The van der Waals surface area contributed by atoms with Crippen molar-refractivity contribution < 1.29 is 0 Å². The molecule has 0 heterocycles. The molecule has 0 aliphatic heterocycles. The molecule has 0 radical (unpaired) electrons. The molecule has 11 rings (SSSR count). The van der Waals surface area contributed by atoms with Crippen molar-refractivity contribution in [2.75, 3.05) is 4.90 Å². The zero-order chi connectivity index (χ0) is 40.5. The predicted octanol–water partition coefficient (Wildman–Crippen LogP) is 17.0. The van der Waals surface area contributed by atoms with E-state index in [1.165, 1.54) is 88.0 Å². The number of hydrogen-bond acceptors (Lipinski definition) is 1. The first-order valence-corrected chi connectivity index (χ1v) is 21.0. The third-order valence-electron chi connectivity index (χ3n) is 12.1. The molecule has 0 aromatic heterocycles. The lowest BCUT2D eigenvalue weighted by molar-refractivity contribution is 1.28. The summed E-state index contributed by atoms with van der Waals surface area (Å²) >= 11 is 0. The van der Waals surface area contributed by atoms with E-state index in [1.807, 2.05) is 0 Å². The Morgan fingerprint density at radius 1 is 0.213 bits per heavy atom. The van der Waals surface area contributed by atoms with Gasteiger partial charge in [-0.2, -0.15) is 0 Å². The summed E-state index contributed by atoms with van der Waals surface area (Å²) < 4.78 is 0. The number of rotatable bonds is 8. The van der Waals surface area contributed by atoms with Gasteiger partial charge in [-0.25, -0.2) is 0 Å². The zero-order valence-corrected chi connectivity index (χ0v) is 33.6. The van der Waals surface area contributed by atoms with Crippen LogP contribution in [0.1, 0.15) is 0 Å². The van der Waals surface area contributed by atoms with E-state index >= 15 is 0 Å². The van der Waals surface area contributed by atoms with Crippen molar-refractivity contribution in [1.29, 1.82) is 0 Å². The largest absolute Gasteiger partial charge is 0.310 e. The summed E-state index contributed by atoms with van der Waals surface area (Å²) in [5.41, 5.74) is 15.2. The minimum atomic E-state index is 1.08. The van der Waals surface area contributed by atoms with Crippen molar-refractivity contribution >= 4 is 49.4 Å². The van der Waals surface area contributed by atoms with Crippen LogP contribution in [-0.4, -0.2) is 0 Å². The fourth-order valence-corrected chi connectivity index (χ4v) is 9.03. The van der Waals surface area contributed by atoms with E-state index in [0.29, 0.717) is 0 Å². The quantitative estimate of drug-likeness (QED) is 0.139. The molecule has 0 unspecified atom stereocenters. The van der Waals surface area contributed by atoms with Crippen LogP contribution in [0.2, 0.25) is 0 Å². The first-order valence-electron chi connectivity index (χ1n) is 21.0. The third-order valence-corrected chi connectivity index (χ3v) is 12.1. The topological polar surface area (TPSA) is 3.24 Å². The standard InChI is InChI=1S/C60H41N/c1-3-15-42(16-4-1)44-27-30-46(31-28-44)54-38-37-52(41-59(54)45-18-5-2-6-19-45)61(60-26-14-13-23-55(60)50-32-29-43-17-7-8-20-48(43)39-50)51-35-33-47(34-36-51)58-40-49-21-9-10-22-53(49)56-24-11-12-25-57(56)58/h1-41H. The molecular weight excluding hydrogens is 735 g/mol. The number of hydrogen-bond donors (Lipinski definition) is 0. The average molecular weight is 776 g/mol. The van der Waals surface area contributed by atoms with Crippen LogP contribution in [0.3, 0.4) is 0 Å². The minimum Gasteiger partial charge on any atom is -0.310 e. The Kier molecular flexibility index (Phi) is 9.26. The van der Waals surface area contributed by atoms with Crippen molar-refractivity contribution in [1.82, 2.24) is 0 Å². The summed E-state index contributed by atoms with van der Waals surface area (Å²) in [5.74, 6) is 0. The highest BCUT2D eigenvalue weighted by molar-refractivity contribution is 6.13. The number of nitrogens with zero attached hydrogens (tertiary/aromatic N) is 1. The number of benzene rings is 11. The molecule has 0 saturated heterocycles. The van der Waals surface area contributed by atoms with Crippen LogP contribution in [0.25, 0.3) is 88.0 Å². The lowest BCUT2D eigenvalue weighted by Gasteiger charge is -2.29. The van der Waals surface area contributed by atoms with Crippen molar-refractivity contribution in [3.63, 3.8) is 0 Å². The Hall–Kier alpha value is -8.00. The molecule has 0 aliphatic carbocycles. The summed E-state index contributed by atoms with van der Waals surface area (Å²) in [5, 5.41) is 7.51. The summed E-state index contributed by atoms with van der Waals surface area (Å²) in [6, 6.07) is 90.5. The van der Waals surface area contributed by atoms with Crippen LogP contribution in [0.5, 0.6) is 0 Å². The summed E-state index contributed by atoms with van der Waals surface area (Å²) in [7, 11) is 0. The molecular formula is C60H41N. The van der Waals surface area contributed by atoms with E-state index in [4.69, 9.17) is 0 Å². The van der Waals surface area contributed by atoms with Gasteiger partial charge in [-0.05, 0) is 125 Å². The summed E-state index contributed by atoms with van der Waals surface area (Å²) in [4.78, 5) is 2.43. The Morgan fingerprint density at radius 3 is 1.49 bits per heavy atom. The Labute approximate surface area is 357 Å². The highest BCUT2D eigenvalue weighted by Gasteiger charge is 2.20. The second-order valence-corrected chi connectivity index (χ2v) is 15.7. The van der Waals surface area contributed by atoms with Crippen LogP contribution in [0.4, 0.5) is 17.1 Å². The second kappa shape index (κ2) is 15.6. The maximum Gasteiger partial charge on any atom is 0.0540 e. The highest BCUT2D eigenvalue weighted by Crippen LogP contribution is 2.45. The van der Waals surface area contributed by atoms with E-state index in [9.17, 15) is 0 Å². The fourth-order valence-electron chi connectivity index (χ4n) is 9.03. The third kappa shape index (κ3) is 6.83. The molecule has 0 aliphatic rings. The van der Waals surface area contributed by atoms with Gasteiger partial charge in [-0.15, -0.1) is 0 Å². The Bertz CT molecular complexity index is 3330. The molecule has 0 amide bonds. The molecule has 0 fully saturated rings. The maximum atomic E-state index is 2.43. The van der Waals surface area contributed by atoms with Crippen LogP contribution >= 0.6 is 0 Å². The van der Waals surface area contributed by atoms with Crippen molar-refractivity contribution in [3.05, 3.63) is 249 Å².